The van der Waals surface area contributed by atoms with Gasteiger partial charge in [-0.15, -0.1) is 0 Å². The van der Waals surface area contributed by atoms with Crippen LogP contribution < -0.4 is 0 Å². The lowest BCUT2D eigenvalue weighted by atomic mass is 10.2. The topological polar surface area (TPSA) is 52.6 Å². The fourth-order valence-corrected chi connectivity index (χ4v) is 0.835. The molecule has 0 aliphatic carbocycles. The van der Waals surface area contributed by atoms with E-state index in [0.717, 1.165) is 0 Å². The van der Waals surface area contributed by atoms with E-state index < -0.39 is 31.0 Å². The first-order chi connectivity index (χ1) is 7.35. The van der Waals surface area contributed by atoms with Gasteiger partial charge in [0.15, 0.2) is 0 Å². The van der Waals surface area contributed by atoms with Crippen molar-refractivity contribution in [3.8, 4) is 0 Å². The molecule has 0 aliphatic rings. The second-order valence-corrected chi connectivity index (χ2v) is 2.94. The summed E-state index contributed by atoms with van der Waals surface area (Å²) in [6, 6.07) is 0. The summed E-state index contributed by atoms with van der Waals surface area (Å²) in [5, 5.41) is 0. The zero-order chi connectivity index (χ0) is 12.6. The van der Waals surface area contributed by atoms with Crippen LogP contribution in [0.3, 0.4) is 0 Å². The Morgan fingerprint density at radius 2 is 1.88 bits per heavy atom. The molecule has 0 aromatic rings. The van der Waals surface area contributed by atoms with Gasteiger partial charge < -0.3 is 9.47 Å². The standard InChI is InChI=1S/C9H13F3O4/c1-2-16-8(14)5-7(13)3-4-15-6-9(10,11)12/h2-6H2,1H3. The van der Waals surface area contributed by atoms with E-state index in [9.17, 15) is 22.8 Å². The highest BCUT2D eigenvalue weighted by molar-refractivity contribution is 5.95. The number of halogens is 3. The molecular formula is C9H13F3O4. The number of Topliss-reactive ketones (excluding diaryl/α,β-unsaturated/α-hetero) is 1. The van der Waals surface area contributed by atoms with Gasteiger partial charge >= 0.3 is 12.1 Å². The van der Waals surface area contributed by atoms with Crippen LogP contribution in [0.1, 0.15) is 19.8 Å². The molecule has 0 saturated heterocycles. The minimum Gasteiger partial charge on any atom is -0.466 e. The molecule has 0 radical (unpaired) electrons. The van der Waals surface area contributed by atoms with E-state index in [0.29, 0.717) is 0 Å². The van der Waals surface area contributed by atoms with Crippen molar-refractivity contribution in [2.24, 2.45) is 0 Å². The molecular weight excluding hydrogens is 229 g/mol. The van der Waals surface area contributed by atoms with Crippen LogP contribution in [0.5, 0.6) is 0 Å². The summed E-state index contributed by atoms with van der Waals surface area (Å²) < 4.78 is 43.5. The SMILES string of the molecule is CCOC(=O)CC(=O)CCOCC(F)(F)F. The number of ketones is 1. The number of rotatable bonds is 7. The van der Waals surface area contributed by atoms with E-state index in [2.05, 4.69) is 9.47 Å². The highest BCUT2D eigenvalue weighted by Crippen LogP contribution is 2.14. The summed E-state index contributed by atoms with van der Waals surface area (Å²) in [6.45, 7) is 0.0168. The van der Waals surface area contributed by atoms with Gasteiger partial charge in [-0.05, 0) is 6.92 Å². The number of hydrogen-bond acceptors (Lipinski definition) is 4. The van der Waals surface area contributed by atoms with Crippen LogP contribution in [-0.2, 0) is 19.1 Å². The molecule has 0 N–H and O–H groups in total. The van der Waals surface area contributed by atoms with Gasteiger partial charge in [0.25, 0.3) is 0 Å². The third kappa shape index (κ3) is 9.45. The van der Waals surface area contributed by atoms with Gasteiger partial charge in [-0.2, -0.15) is 13.2 Å². The molecule has 0 atom stereocenters. The number of ether oxygens (including phenoxy) is 2. The predicted molar refractivity (Wildman–Crippen MR) is 47.7 cm³/mol. The Morgan fingerprint density at radius 1 is 1.25 bits per heavy atom. The second kappa shape index (κ2) is 7.21. The number of esters is 1. The Bertz CT molecular complexity index is 237. The third-order valence-electron chi connectivity index (χ3n) is 1.44. The van der Waals surface area contributed by atoms with Gasteiger partial charge in [0, 0.05) is 6.42 Å². The second-order valence-electron chi connectivity index (χ2n) is 2.94. The highest BCUT2D eigenvalue weighted by Gasteiger charge is 2.27. The molecule has 0 spiro atoms. The first-order valence-corrected chi connectivity index (χ1v) is 4.67. The van der Waals surface area contributed by atoms with Gasteiger partial charge in [0.1, 0.15) is 18.8 Å². The molecule has 0 rings (SSSR count). The first kappa shape index (κ1) is 14.9. The predicted octanol–water partition coefficient (Wildman–Crippen LogP) is 1.48. The van der Waals surface area contributed by atoms with E-state index in [1.54, 1.807) is 6.92 Å². The molecule has 0 aromatic heterocycles. The average Bonchev–Trinajstić information content (AvgIpc) is 2.11. The summed E-state index contributed by atoms with van der Waals surface area (Å²) in [5.41, 5.74) is 0. The van der Waals surface area contributed by atoms with Gasteiger partial charge in [-0.1, -0.05) is 0 Å². The molecule has 0 amide bonds. The Hall–Kier alpha value is -1.11. The van der Waals surface area contributed by atoms with Crippen LogP contribution in [-0.4, -0.2) is 37.7 Å². The summed E-state index contributed by atoms with van der Waals surface area (Å²) in [7, 11) is 0. The lowest BCUT2D eigenvalue weighted by Crippen LogP contribution is -2.19. The van der Waals surface area contributed by atoms with Crippen LogP contribution >= 0.6 is 0 Å². The monoisotopic (exact) mass is 242 g/mol. The Balaban J connectivity index is 3.55. The van der Waals surface area contributed by atoms with Crippen molar-refractivity contribution in [2.75, 3.05) is 19.8 Å². The quantitative estimate of drug-likeness (QED) is 0.385. The molecule has 0 aromatic carbocycles. The summed E-state index contributed by atoms with van der Waals surface area (Å²) >= 11 is 0. The largest absolute Gasteiger partial charge is 0.466 e. The van der Waals surface area contributed by atoms with Crippen molar-refractivity contribution in [2.45, 2.75) is 25.9 Å². The first-order valence-electron chi connectivity index (χ1n) is 4.67. The maximum Gasteiger partial charge on any atom is 0.411 e. The fraction of sp³-hybridized carbons (Fsp3) is 0.778. The number of alkyl halides is 3. The van der Waals surface area contributed by atoms with E-state index in [1.165, 1.54) is 0 Å². The molecule has 0 saturated carbocycles. The molecule has 0 unspecified atom stereocenters. The van der Waals surface area contributed by atoms with Crippen LogP contribution in [0.25, 0.3) is 0 Å². The van der Waals surface area contributed by atoms with Crippen molar-refractivity contribution >= 4 is 11.8 Å². The molecule has 0 aliphatic heterocycles. The zero-order valence-corrected chi connectivity index (χ0v) is 8.80. The van der Waals surface area contributed by atoms with Crippen LogP contribution in [0.2, 0.25) is 0 Å². The Morgan fingerprint density at radius 3 is 2.38 bits per heavy atom. The Labute approximate surface area is 90.7 Å². The van der Waals surface area contributed by atoms with Crippen molar-refractivity contribution in [1.29, 1.82) is 0 Å². The van der Waals surface area contributed by atoms with Crippen molar-refractivity contribution in [3.05, 3.63) is 0 Å². The van der Waals surface area contributed by atoms with Crippen molar-refractivity contribution in [3.63, 3.8) is 0 Å². The van der Waals surface area contributed by atoms with Crippen LogP contribution in [0.15, 0.2) is 0 Å². The highest BCUT2D eigenvalue weighted by atomic mass is 19.4. The summed E-state index contributed by atoms with van der Waals surface area (Å²) in [4.78, 5) is 21.8. The van der Waals surface area contributed by atoms with Crippen molar-refractivity contribution in [1.82, 2.24) is 0 Å². The minimum atomic E-state index is -4.40. The number of carbonyl (C=O) groups excluding carboxylic acids is 2. The van der Waals surface area contributed by atoms with Gasteiger partial charge in [0.05, 0.1) is 13.2 Å². The number of hydrogen-bond donors (Lipinski definition) is 0. The molecule has 0 fully saturated rings. The number of carbonyl (C=O) groups is 2. The van der Waals surface area contributed by atoms with Crippen molar-refractivity contribution < 1.29 is 32.2 Å². The average molecular weight is 242 g/mol. The summed E-state index contributed by atoms with van der Waals surface area (Å²) in [6.07, 6.45) is -5.05. The van der Waals surface area contributed by atoms with Crippen LogP contribution in [0, 0.1) is 0 Å². The molecule has 4 nitrogen and oxygen atoms in total. The lowest BCUT2D eigenvalue weighted by Gasteiger charge is -2.06. The molecule has 16 heavy (non-hydrogen) atoms. The lowest BCUT2D eigenvalue weighted by molar-refractivity contribution is -0.174. The summed E-state index contributed by atoms with van der Waals surface area (Å²) in [5.74, 6) is -1.18. The van der Waals surface area contributed by atoms with E-state index in [1.807, 2.05) is 0 Å². The van der Waals surface area contributed by atoms with Gasteiger partial charge in [-0.25, -0.2) is 0 Å². The van der Waals surface area contributed by atoms with Gasteiger partial charge in [0.2, 0.25) is 0 Å². The maximum absolute atomic E-state index is 11.6. The minimum absolute atomic E-state index is 0.163. The van der Waals surface area contributed by atoms with E-state index in [-0.39, 0.29) is 19.6 Å². The van der Waals surface area contributed by atoms with E-state index >= 15 is 0 Å². The zero-order valence-electron chi connectivity index (χ0n) is 8.80. The van der Waals surface area contributed by atoms with Gasteiger partial charge in [-0.3, -0.25) is 9.59 Å². The molecule has 0 bridgehead atoms. The third-order valence-corrected chi connectivity index (χ3v) is 1.44. The molecule has 94 valence electrons. The van der Waals surface area contributed by atoms with Crippen LogP contribution in [0.4, 0.5) is 13.2 Å². The maximum atomic E-state index is 11.6. The normalized spacial score (nSPS) is 11.2. The van der Waals surface area contributed by atoms with E-state index in [4.69, 9.17) is 0 Å². The molecule has 0 heterocycles. The fourth-order valence-electron chi connectivity index (χ4n) is 0.835. The smallest absolute Gasteiger partial charge is 0.411 e. The Kier molecular flexibility index (Phi) is 6.71. The molecule has 7 heteroatoms.